The molecule has 2 heterocycles. The highest BCUT2D eigenvalue weighted by Crippen LogP contribution is 2.39. The summed E-state index contributed by atoms with van der Waals surface area (Å²) in [5.41, 5.74) is 3.55. The largest absolute Gasteiger partial charge is 0.344 e. The van der Waals surface area contributed by atoms with Gasteiger partial charge in [0.2, 0.25) is 21.8 Å². The van der Waals surface area contributed by atoms with Crippen molar-refractivity contribution in [1.82, 2.24) is 19.8 Å². The van der Waals surface area contributed by atoms with E-state index in [1.165, 1.54) is 4.31 Å². The molecular formula is C25H36N4O4S. The molecule has 1 aromatic heterocycles. The van der Waals surface area contributed by atoms with Crippen LogP contribution in [0.4, 0.5) is 0 Å². The standard InChI is InChI=1S/C25H36N4O4S/c1-14(2)21(25-27-23(28-33-25)19-7-8-19)26-24(30)20-9-11-29(12-10-20)34(31,32)22-17(5)15(3)13-16(4)18(22)6/h13-14,19-21H,7-12H2,1-6H3,(H,26,30). The molecule has 0 radical (unpaired) electrons. The predicted octanol–water partition coefficient (Wildman–Crippen LogP) is 4.09. The van der Waals surface area contributed by atoms with Gasteiger partial charge in [-0.2, -0.15) is 9.29 Å². The van der Waals surface area contributed by atoms with Gasteiger partial charge in [-0.1, -0.05) is 25.1 Å². The molecule has 2 aromatic rings. The van der Waals surface area contributed by atoms with Crippen LogP contribution in [-0.2, 0) is 14.8 Å². The number of amides is 1. The van der Waals surface area contributed by atoms with Gasteiger partial charge in [-0.05, 0) is 81.5 Å². The highest BCUT2D eigenvalue weighted by molar-refractivity contribution is 7.89. The zero-order valence-electron chi connectivity index (χ0n) is 21.0. The molecular weight excluding hydrogens is 452 g/mol. The Hall–Kier alpha value is -2.26. The molecule has 1 saturated carbocycles. The number of carbonyl (C=O) groups excluding carboxylic acids is 1. The number of aromatic nitrogens is 2. The molecule has 4 rings (SSSR count). The molecule has 2 fully saturated rings. The van der Waals surface area contributed by atoms with Gasteiger partial charge in [0, 0.05) is 24.9 Å². The summed E-state index contributed by atoms with van der Waals surface area (Å²) >= 11 is 0. The molecule has 1 aromatic carbocycles. The van der Waals surface area contributed by atoms with Crippen LogP contribution in [0.1, 0.15) is 85.5 Å². The highest BCUT2D eigenvalue weighted by Gasteiger charge is 2.36. The number of piperidine rings is 1. The van der Waals surface area contributed by atoms with Crippen LogP contribution in [0.15, 0.2) is 15.5 Å². The van der Waals surface area contributed by atoms with E-state index in [9.17, 15) is 13.2 Å². The third kappa shape index (κ3) is 4.77. The summed E-state index contributed by atoms with van der Waals surface area (Å²) in [4.78, 5) is 18.0. The second kappa shape index (κ2) is 9.41. The van der Waals surface area contributed by atoms with Crippen molar-refractivity contribution < 1.29 is 17.7 Å². The quantitative estimate of drug-likeness (QED) is 0.629. The Kier molecular flexibility index (Phi) is 6.88. The normalized spacial score (nSPS) is 18.9. The van der Waals surface area contributed by atoms with Crippen molar-refractivity contribution in [3.05, 3.63) is 40.0 Å². The van der Waals surface area contributed by atoms with E-state index >= 15 is 0 Å². The number of carbonyl (C=O) groups is 1. The van der Waals surface area contributed by atoms with Crippen LogP contribution < -0.4 is 5.32 Å². The summed E-state index contributed by atoms with van der Waals surface area (Å²) in [7, 11) is -3.63. The maximum absolute atomic E-state index is 13.5. The van der Waals surface area contributed by atoms with E-state index in [1.54, 1.807) is 0 Å². The minimum atomic E-state index is -3.63. The molecule has 1 saturated heterocycles. The Labute approximate surface area is 202 Å². The van der Waals surface area contributed by atoms with E-state index in [0.29, 0.717) is 42.6 Å². The van der Waals surface area contributed by atoms with Crippen LogP contribution in [0, 0.1) is 39.5 Å². The summed E-state index contributed by atoms with van der Waals surface area (Å²) in [6.07, 6.45) is 3.13. The molecule has 0 spiro atoms. The molecule has 1 N–H and O–H groups in total. The topological polar surface area (TPSA) is 105 Å². The van der Waals surface area contributed by atoms with Crippen LogP contribution in [-0.4, -0.2) is 41.9 Å². The third-order valence-corrected chi connectivity index (χ3v) is 9.52. The number of nitrogens with zero attached hydrogens (tertiary/aromatic N) is 3. The first-order valence-corrected chi connectivity index (χ1v) is 13.7. The molecule has 0 bridgehead atoms. The summed E-state index contributed by atoms with van der Waals surface area (Å²) in [6.45, 7) is 12.3. The number of hydrogen-bond acceptors (Lipinski definition) is 6. The molecule has 1 atom stereocenters. The monoisotopic (exact) mass is 488 g/mol. The first-order valence-electron chi connectivity index (χ1n) is 12.2. The lowest BCUT2D eigenvalue weighted by molar-refractivity contribution is -0.127. The smallest absolute Gasteiger partial charge is 0.249 e. The molecule has 1 amide bonds. The number of benzene rings is 1. The second-order valence-corrected chi connectivity index (χ2v) is 12.1. The predicted molar refractivity (Wildman–Crippen MR) is 129 cm³/mol. The fourth-order valence-corrected chi connectivity index (χ4v) is 6.77. The van der Waals surface area contributed by atoms with Gasteiger partial charge in [-0.25, -0.2) is 8.42 Å². The van der Waals surface area contributed by atoms with E-state index < -0.39 is 10.0 Å². The van der Waals surface area contributed by atoms with Gasteiger partial charge >= 0.3 is 0 Å². The van der Waals surface area contributed by atoms with Crippen molar-refractivity contribution >= 4 is 15.9 Å². The fraction of sp³-hybridized carbons (Fsp3) is 0.640. The molecule has 34 heavy (non-hydrogen) atoms. The van der Waals surface area contributed by atoms with Gasteiger partial charge in [0.05, 0.1) is 4.90 Å². The van der Waals surface area contributed by atoms with Crippen LogP contribution in [0.2, 0.25) is 0 Å². The zero-order valence-corrected chi connectivity index (χ0v) is 21.8. The maximum atomic E-state index is 13.5. The third-order valence-electron chi connectivity index (χ3n) is 7.35. The van der Waals surface area contributed by atoms with Crippen LogP contribution in [0.5, 0.6) is 0 Å². The van der Waals surface area contributed by atoms with Crippen LogP contribution in [0.3, 0.4) is 0 Å². The van der Waals surface area contributed by atoms with Crippen LogP contribution in [0.25, 0.3) is 0 Å². The first kappa shape index (κ1) is 24.9. The Morgan fingerprint density at radius 3 is 2.18 bits per heavy atom. The molecule has 8 nitrogen and oxygen atoms in total. The minimum Gasteiger partial charge on any atom is -0.344 e. The maximum Gasteiger partial charge on any atom is 0.249 e. The molecule has 1 aliphatic carbocycles. The van der Waals surface area contributed by atoms with Gasteiger partial charge in [0.1, 0.15) is 6.04 Å². The Morgan fingerprint density at radius 2 is 1.65 bits per heavy atom. The SMILES string of the molecule is Cc1cc(C)c(C)c(S(=O)(=O)N2CCC(C(=O)NC(c3nc(C4CC4)no3)C(C)C)CC2)c1C. The summed E-state index contributed by atoms with van der Waals surface area (Å²) in [6, 6.07) is 1.68. The van der Waals surface area contributed by atoms with E-state index in [2.05, 4.69) is 15.5 Å². The summed E-state index contributed by atoms with van der Waals surface area (Å²) in [5, 5.41) is 7.17. The van der Waals surface area contributed by atoms with Crippen molar-refractivity contribution in [3.63, 3.8) is 0 Å². The number of sulfonamides is 1. The van der Waals surface area contributed by atoms with Crippen molar-refractivity contribution in [2.45, 2.75) is 84.1 Å². The molecule has 186 valence electrons. The average molecular weight is 489 g/mol. The van der Waals surface area contributed by atoms with Gasteiger partial charge in [0.15, 0.2) is 5.82 Å². The van der Waals surface area contributed by atoms with E-state index in [4.69, 9.17) is 4.52 Å². The van der Waals surface area contributed by atoms with Gasteiger partial charge in [0.25, 0.3) is 0 Å². The first-order chi connectivity index (χ1) is 16.0. The molecule has 1 aliphatic heterocycles. The fourth-order valence-electron chi connectivity index (χ4n) is 4.72. The lowest BCUT2D eigenvalue weighted by Crippen LogP contribution is -2.44. The minimum absolute atomic E-state index is 0.0827. The van der Waals surface area contributed by atoms with Crippen molar-refractivity contribution in [2.75, 3.05) is 13.1 Å². The van der Waals surface area contributed by atoms with E-state index in [1.807, 2.05) is 47.6 Å². The Bertz CT molecular complexity index is 1150. The van der Waals surface area contributed by atoms with Crippen molar-refractivity contribution in [1.29, 1.82) is 0 Å². The average Bonchev–Trinajstić information content (AvgIpc) is 3.53. The van der Waals surface area contributed by atoms with Crippen LogP contribution >= 0.6 is 0 Å². The number of hydrogen-bond donors (Lipinski definition) is 1. The number of rotatable bonds is 7. The lowest BCUT2D eigenvalue weighted by atomic mass is 9.95. The molecule has 9 heteroatoms. The van der Waals surface area contributed by atoms with Gasteiger partial charge in [-0.15, -0.1) is 0 Å². The highest BCUT2D eigenvalue weighted by atomic mass is 32.2. The second-order valence-electron chi connectivity index (χ2n) is 10.3. The summed E-state index contributed by atoms with van der Waals surface area (Å²) in [5.74, 6) is 1.32. The van der Waals surface area contributed by atoms with E-state index in [0.717, 1.165) is 40.9 Å². The summed E-state index contributed by atoms with van der Waals surface area (Å²) < 4.78 is 34.0. The van der Waals surface area contributed by atoms with Gasteiger partial charge < -0.3 is 9.84 Å². The van der Waals surface area contributed by atoms with E-state index in [-0.39, 0.29) is 23.8 Å². The Balaban J connectivity index is 1.43. The zero-order chi connectivity index (χ0) is 24.8. The number of aryl methyl sites for hydroxylation is 2. The number of nitrogens with one attached hydrogen (secondary N) is 1. The van der Waals surface area contributed by atoms with Crippen molar-refractivity contribution in [2.24, 2.45) is 11.8 Å². The molecule has 1 unspecified atom stereocenters. The molecule has 2 aliphatic rings. The van der Waals surface area contributed by atoms with Crippen molar-refractivity contribution in [3.8, 4) is 0 Å². The lowest BCUT2D eigenvalue weighted by Gasteiger charge is -2.32. The van der Waals surface area contributed by atoms with Gasteiger partial charge in [-0.3, -0.25) is 4.79 Å². The Morgan fingerprint density at radius 1 is 1.06 bits per heavy atom.